The third kappa shape index (κ3) is 7.39. The molecule has 0 radical (unpaired) electrons. The lowest BCUT2D eigenvalue weighted by atomic mass is 10.2. The summed E-state index contributed by atoms with van der Waals surface area (Å²) in [7, 11) is 0.365. The summed E-state index contributed by atoms with van der Waals surface area (Å²) in [5.41, 5.74) is 3.38. The van der Waals surface area contributed by atoms with E-state index in [4.69, 9.17) is 37.4 Å². The Morgan fingerprint density at radius 3 is 2.18 bits per heavy atom. The Hall–Kier alpha value is -2.83. The molecule has 38 heavy (non-hydrogen) atoms. The van der Waals surface area contributed by atoms with Gasteiger partial charge in [0.15, 0.2) is 11.5 Å². The van der Waals surface area contributed by atoms with Crippen LogP contribution in [0.2, 0.25) is 10.0 Å². The van der Waals surface area contributed by atoms with Gasteiger partial charge in [-0.2, -0.15) is 9.41 Å². The fourth-order valence-electron chi connectivity index (χ4n) is 3.37. The molecule has 0 heterocycles. The summed E-state index contributed by atoms with van der Waals surface area (Å²) in [5, 5.41) is 4.63. The summed E-state index contributed by atoms with van der Waals surface area (Å²) < 4.78 is 44.5. The van der Waals surface area contributed by atoms with Gasteiger partial charge in [0.25, 0.3) is 5.91 Å². The van der Waals surface area contributed by atoms with Crippen molar-refractivity contribution in [3.63, 3.8) is 0 Å². The van der Waals surface area contributed by atoms with Crippen molar-refractivity contribution in [2.45, 2.75) is 11.4 Å². The monoisotopic (exact) mass is 643 g/mol. The summed E-state index contributed by atoms with van der Waals surface area (Å²) >= 11 is 15.6. The highest BCUT2D eigenvalue weighted by Crippen LogP contribution is 2.37. The number of carbonyl (C=O) groups is 1. The number of sulfonamides is 1. The fourth-order valence-corrected chi connectivity index (χ4v) is 5.48. The van der Waals surface area contributed by atoms with E-state index >= 15 is 0 Å². The molecule has 0 unspecified atom stereocenters. The van der Waals surface area contributed by atoms with Gasteiger partial charge < -0.3 is 14.2 Å². The Labute approximate surface area is 239 Å². The van der Waals surface area contributed by atoms with E-state index in [1.54, 1.807) is 36.4 Å². The lowest BCUT2D eigenvalue weighted by Gasteiger charge is -2.22. The predicted octanol–water partition coefficient (Wildman–Crippen LogP) is 5.12. The average molecular weight is 645 g/mol. The third-order valence-electron chi connectivity index (χ3n) is 5.22. The molecular weight excluding hydrogens is 621 g/mol. The average Bonchev–Trinajstić information content (AvgIpc) is 2.89. The summed E-state index contributed by atoms with van der Waals surface area (Å²) in [6, 6.07) is 14.1. The van der Waals surface area contributed by atoms with Gasteiger partial charge in [0.2, 0.25) is 15.8 Å². The molecular formula is C25H24BrCl2N3O6S. The maximum atomic E-state index is 13.4. The normalized spacial score (nSPS) is 11.6. The lowest BCUT2D eigenvalue weighted by molar-refractivity contribution is -0.121. The Morgan fingerprint density at radius 1 is 1.00 bits per heavy atom. The van der Waals surface area contributed by atoms with Crippen molar-refractivity contribution in [2.75, 3.05) is 27.9 Å². The maximum Gasteiger partial charge on any atom is 0.255 e. The highest BCUT2D eigenvalue weighted by Gasteiger charge is 2.27. The van der Waals surface area contributed by atoms with Crippen molar-refractivity contribution in [1.29, 1.82) is 0 Å². The van der Waals surface area contributed by atoms with Crippen molar-refractivity contribution in [3.8, 4) is 17.2 Å². The van der Waals surface area contributed by atoms with Crippen LogP contribution in [0.4, 0.5) is 0 Å². The van der Waals surface area contributed by atoms with Crippen LogP contribution in [0.25, 0.3) is 0 Å². The highest BCUT2D eigenvalue weighted by atomic mass is 79.9. The molecule has 1 N–H and O–H groups in total. The number of halogens is 3. The summed E-state index contributed by atoms with van der Waals surface area (Å²) in [6.45, 7) is -0.692. The first-order chi connectivity index (χ1) is 18.1. The zero-order valence-electron chi connectivity index (χ0n) is 20.6. The SMILES string of the molecule is COc1cc(/C=N/NC(=O)CN(Cc2ccc(Cl)cc2Cl)S(=O)(=O)c2ccc(Br)cc2)cc(OC)c1OC. The Kier molecular flexibility index (Phi) is 10.4. The van der Waals surface area contributed by atoms with E-state index in [2.05, 4.69) is 26.5 Å². The highest BCUT2D eigenvalue weighted by molar-refractivity contribution is 9.10. The van der Waals surface area contributed by atoms with Gasteiger partial charge in [-0.05, 0) is 54.1 Å². The Morgan fingerprint density at radius 2 is 1.63 bits per heavy atom. The van der Waals surface area contributed by atoms with Crippen molar-refractivity contribution >= 4 is 61.3 Å². The van der Waals surface area contributed by atoms with Gasteiger partial charge in [-0.25, -0.2) is 13.8 Å². The third-order valence-corrected chi connectivity index (χ3v) is 8.14. The minimum Gasteiger partial charge on any atom is -0.493 e. The summed E-state index contributed by atoms with van der Waals surface area (Å²) in [4.78, 5) is 12.8. The van der Waals surface area contributed by atoms with Gasteiger partial charge in [0, 0.05) is 26.6 Å². The first-order valence-corrected chi connectivity index (χ1v) is 13.9. The van der Waals surface area contributed by atoms with Crippen LogP contribution in [0, 0.1) is 0 Å². The van der Waals surface area contributed by atoms with E-state index in [9.17, 15) is 13.2 Å². The molecule has 0 spiro atoms. The molecule has 13 heteroatoms. The number of amides is 1. The number of benzene rings is 3. The number of hydrazone groups is 1. The molecule has 0 aliphatic carbocycles. The number of ether oxygens (including phenoxy) is 3. The van der Waals surface area contributed by atoms with Crippen LogP contribution in [0.5, 0.6) is 17.2 Å². The van der Waals surface area contributed by atoms with Crippen LogP contribution in [-0.4, -0.2) is 52.7 Å². The van der Waals surface area contributed by atoms with Crippen LogP contribution in [0.15, 0.2) is 69.1 Å². The molecule has 0 fully saturated rings. The molecule has 9 nitrogen and oxygen atoms in total. The molecule has 0 atom stereocenters. The topological polar surface area (TPSA) is 107 Å². The van der Waals surface area contributed by atoms with E-state index in [1.165, 1.54) is 45.7 Å². The van der Waals surface area contributed by atoms with Crippen LogP contribution >= 0.6 is 39.1 Å². The molecule has 3 aromatic carbocycles. The first-order valence-electron chi connectivity index (χ1n) is 10.9. The predicted molar refractivity (Wildman–Crippen MR) is 150 cm³/mol. The standard InChI is InChI=1S/C25H24BrCl2N3O6S/c1-35-22-10-16(11-23(36-2)25(22)37-3)13-29-30-24(32)15-31(14-17-4-7-19(27)12-21(17)28)38(33,34)20-8-5-18(26)6-9-20/h4-13H,14-15H2,1-3H3,(H,30,32)/b29-13+. The van der Waals surface area contributed by atoms with E-state index in [-0.39, 0.29) is 16.5 Å². The second-order valence-electron chi connectivity index (χ2n) is 7.71. The molecule has 3 rings (SSSR count). The zero-order chi connectivity index (χ0) is 27.9. The van der Waals surface area contributed by atoms with E-state index < -0.39 is 22.5 Å². The largest absolute Gasteiger partial charge is 0.493 e. The second kappa shape index (κ2) is 13.3. The Balaban J connectivity index is 1.83. The zero-order valence-corrected chi connectivity index (χ0v) is 24.5. The van der Waals surface area contributed by atoms with Crippen molar-refractivity contribution < 1.29 is 27.4 Å². The lowest BCUT2D eigenvalue weighted by Crippen LogP contribution is -2.39. The molecule has 0 aromatic heterocycles. The number of hydrogen-bond acceptors (Lipinski definition) is 7. The molecule has 1 amide bonds. The molecule has 0 saturated heterocycles. The van der Waals surface area contributed by atoms with Crippen molar-refractivity contribution in [3.05, 3.63) is 80.2 Å². The van der Waals surface area contributed by atoms with Gasteiger partial charge in [-0.15, -0.1) is 0 Å². The number of methoxy groups -OCH3 is 3. The van der Waals surface area contributed by atoms with Crippen LogP contribution in [-0.2, 0) is 21.4 Å². The molecule has 0 aliphatic heterocycles. The van der Waals surface area contributed by atoms with Crippen molar-refractivity contribution in [2.24, 2.45) is 5.10 Å². The van der Waals surface area contributed by atoms with Crippen LogP contribution in [0.1, 0.15) is 11.1 Å². The minimum atomic E-state index is -4.08. The number of rotatable bonds is 11. The minimum absolute atomic E-state index is 0.0134. The van der Waals surface area contributed by atoms with Gasteiger partial charge in [0.1, 0.15) is 0 Å². The van der Waals surface area contributed by atoms with Crippen LogP contribution in [0.3, 0.4) is 0 Å². The number of hydrogen-bond donors (Lipinski definition) is 1. The quantitative estimate of drug-likeness (QED) is 0.229. The number of nitrogens with one attached hydrogen (secondary N) is 1. The molecule has 202 valence electrons. The van der Waals surface area contributed by atoms with Crippen molar-refractivity contribution in [1.82, 2.24) is 9.73 Å². The smallest absolute Gasteiger partial charge is 0.255 e. The van der Waals surface area contributed by atoms with Gasteiger partial charge in [-0.1, -0.05) is 45.2 Å². The van der Waals surface area contributed by atoms with E-state index in [0.717, 1.165) is 4.31 Å². The summed E-state index contributed by atoms with van der Waals surface area (Å²) in [5.74, 6) is 0.558. The second-order valence-corrected chi connectivity index (χ2v) is 11.4. The van der Waals surface area contributed by atoms with Crippen LogP contribution < -0.4 is 19.6 Å². The summed E-state index contributed by atoms with van der Waals surface area (Å²) in [6.07, 6.45) is 1.37. The number of carbonyl (C=O) groups excluding carboxylic acids is 1. The number of nitrogens with zero attached hydrogens (tertiary/aromatic N) is 2. The molecule has 0 aliphatic rings. The molecule has 0 saturated carbocycles. The fraction of sp³-hybridized carbons (Fsp3) is 0.200. The van der Waals surface area contributed by atoms with Gasteiger partial charge in [0.05, 0.1) is 39.0 Å². The van der Waals surface area contributed by atoms with Gasteiger partial charge in [-0.3, -0.25) is 4.79 Å². The molecule has 3 aromatic rings. The maximum absolute atomic E-state index is 13.4. The molecule has 0 bridgehead atoms. The first kappa shape index (κ1) is 29.7. The van der Waals surface area contributed by atoms with E-state index in [1.807, 2.05) is 0 Å². The Bertz CT molecular complexity index is 1410. The van der Waals surface area contributed by atoms with E-state index in [0.29, 0.717) is 37.9 Å². The van der Waals surface area contributed by atoms with Gasteiger partial charge >= 0.3 is 0 Å².